The number of hydrogen-bond acceptors (Lipinski definition) is 1. The van der Waals surface area contributed by atoms with Gasteiger partial charge in [-0.2, -0.15) is 0 Å². The summed E-state index contributed by atoms with van der Waals surface area (Å²) in [6.07, 6.45) is 0. The van der Waals surface area contributed by atoms with Crippen molar-refractivity contribution in [3.05, 3.63) is 136 Å². The van der Waals surface area contributed by atoms with Crippen LogP contribution in [0, 0.1) is 0 Å². The second-order valence-corrected chi connectivity index (χ2v) is 12.7. The number of para-hydroxylation sites is 1. The second-order valence-electron chi connectivity index (χ2n) is 11.9. The minimum absolute atomic E-state index is 0.142. The molecule has 0 spiro atoms. The lowest BCUT2D eigenvalue weighted by Crippen LogP contribution is -2.18. The van der Waals surface area contributed by atoms with E-state index >= 15 is 0 Å². The van der Waals surface area contributed by atoms with Crippen molar-refractivity contribution in [1.29, 1.82) is 0 Å². The van der Waals surface area contributed by atoms with Crippen LogP contribution in [0.1, 0.15) is 66.4 Å². The van der Waals surface area contributed by atoms with Crippen molar-refractivity contribution in [3.63, 3.8) is 0 Å². The fourth-order valence-corrected chi connectivity index (χ4v) is 5.04. The molecule has 1 nitrogen and oxygen atoms in total. The summed E-state index contributed by atoms with van der Waals surface area (Å²) in [5.41, 5.74) is 2.10. The first-order valence-electron chi connectivity index (χ1n) is 18.3. The van der Waals surface area contributed by atoms with Gasteiger partial charge in [0.15, 0.2) is 0 Å². The number of benzene rings is 5. The van der Waals surface area contributed by atoms with Crippen molar-refractivity contribution in [2.24, 2.45) is 0 Å². The van der Waals surface area contributed by atoms with Gasteiger partial charge < -0.3 is 4.90 Å². The molecular formula is C38H37Cl2N. The molecule has 0 heterocycles. The van der Waals surface area contributed by atoms with Crippen molar-refractivity contribution in [2.75, 3.05) is 4.90 Å². The van der Waals surface area contributed by atoms with E-state index < -0.39 is 65.8 Å². The van der Waals surface area contributed by atoms with E-state index in [2.05, 4.69) is 20.8 Å². The summed E-state index contributed by atoms with van der Waals surface area (Å²) < 4.78 is 86.6. The molecule has 0 aliphatic heterocycles. The Kier molecular flexibility index (Phi) is 5.23. The van der Waals surface area contributed by atoms with Gasteiger partial charge in [-0.05, 0) is 57.3 Å². The van der Waals surface area contributed by atoms with Crippen molar-refractivity contribution in [1.82, 2.24) is 0 Å². The van der Waals surface area contributed by atoms with Crippen LogP contribution in [0.5, 0.6) is 0 Å². The maximum Gasteiger partial charge on any atom is 0.0833 e. The lowest BCUT2D eigenvalue weighted by Gasteiger charge is -2.33. The number of anilines is 3. The molecule has 41 heavy (non-hydrogen) atoms. The monoisotopic (exact) mass is 587 g/mol. The van der Waals surface area contributed by atoms with Crippen LogP contribution in [-0.2, 0) is 10.8 Å². The van der Waals surface area contributed by atoms with E-state index in [0.29, 0.717) is 11.4 Å². The summed E-state index contributed by atoms with van der Waals surface area (Å²) in [4.78, 5) is 1.74. The molecular weight excluding hydrogens is 541 g/mol. The molecule has 5 aromatic carbocycles. The zero-order valence-electron chi connectivity index (χ0n) is 33.9. The highest BCUT2D eigenvalue weighted by Crippen LogP contribution is 2.50. The van der Waals surface area contributed by atoms with Crippen molar-refractivity contribution in [3.8, 4) is 22.3 Å². The zero-order chi connectivity index (χ0) is 38.1. The molecule has 5 rings (SSSR count). The van der Waals surface area contributed by atoms with Crippen LogP contribution in [0.3, 0.4) is 0 Å². The Bertz CT molecular complexity index is 2080. The summed E-state index contributed by atoms with van der Waals surface area (Å²) in [5.74, 6) is 0. The van der Waals surface area contributed by atoms with E-state index in [4.69, 9.17) is 36.9 Å². The van der Waals surface area contributed by atoms with E-state index in [1.165, 1.54) is 0 Å². The Balaban J connectivity index is 2.12. The van der Waals surface area contributed by atoms with Crippen LogP contribution < -0.4 is 4.90 Å². The summed E-state index contributed by atoms with van der Waals surface area (Å²) >= 11 is 14.0. The fraction of sp³-hybridized carbons (Fsp3) is 0.211. The van der Waals surface area contributed by atoms with Gasteiger partial charge in [-0.15, -0.1) is 0 Å². The molecule has 0 aromatic heterocycles. The molecule has 0 saturated carbocycles. The predicted octanol–water partition coefficient (Wildman–Crippen LogP) is 12.4. The topological polar surface area (TPSA) is 3.24 Å². The van der Waals surface area contributed by atoms with Crippen LogP contribution >= 0.6 is 23.2 Å². The molecule has 5 aromatic rings. The molecule has 3 heteroatoms. The van der Waals surface area contributed by atoms with Crippen LogP contribution in [0.4, 0.5) is 17.1 Å². The second kappa shape index (κ2) is 11.4. The van der Waals surface area contributed by atoms with E-state index in [-0.39, 0.29) is 43.4 Å². The van der Waals surface area contributed by atoms with Crippen LogP contribution in [0.15, 0.2) is 115 Å². The van der Waals surface area contributed by atoms with Crippen molar-refractivity contribution >= 4 is 40.3 Å². The summed E-state index contributed by atoms with van der Waals surface area (Å²) in [6, 6.07) is 10.7. The number of nitrogens with zero attached hydrogens (tertiary/aromatic N) is 1. The van der Waals surface area contributed by atoms with Gasteiger partial charge in [0.25, 0.3) is 0 Å². The Morgan fingerprint density at radius 3 is 1.63 bits per heavy atom. The van der Waals surface area contributed by atoms with E-state index in [1.54, 1.807) is 29.2 Å². The predicted molar refractivity (Wildman–Crippen MR) is 179 cm³/mol. The summed E-state index contributed by atoms with van der Waals surface area (Å²) in [7, 11) is 0. The van der Waals surface area contributed by atoms with Gasteiger partial charge >= 0.3 is 0 Å². The van der Waals surface area contributed by atoms with E-state index in [9.17, 15) is 0 Å². The smallest absolute Gasteiger partial charge is 0.0833 e. The lowest BCUT2D eigenvalue weighted by atomic mass is 9.85. The van der Waals surface area contributed by atoms with Gasteiger partial charge in [0, 0.05) is 16.8 Å². The molecule has 0 radical (unpaired) electrons. The minimum Gasteiger partial charge on any atom is -0.308 e. The Labute approximate surface area is 269 Å². The third-order valence-corrected chi connectivity index (χ3v) is 7.68. The Morgan fingerprint density at radius 2 is 1.12 bits per heavy atom. The Hall–Kier alpha value is -3.52. The highest BCUT2D eigenvalue weighted by atomic mass is 35.5. The normalized spacial score (nSPS) is 15.3. The first kappa shape index (κ1) is 18.8. The van der Waals surface area contributed by atoms with Crippen molar-refractivity contribution in [2.45, 2.75) is 52.4 Å². The van der Waals surface area contributed by atoms with Crippen LogP contribution in [0.25, 0.3) is 22.3 Å². The molecule has 0 saturated heterocycles. The summed E-state index contributed by atoms with van der Waals surface area (Å²) in [6.45, 7) is 12.2. The quantitative estimate of drug-likeness (QED) is 0.197. The van der Waals surface area contributed by atoms with Gasteiger partial charge in [-0.1, -0.05) is 156 Å². The molecule has 0 atom stereocenters. The molecule has 0 aliphatic rings. The van der Waals surface area contributed by atoms with Gasteiger partial charge in [0.2, 0.25) is 0 Å². The number of rotatable bonds is 5. The largest absolute Gasteiger partial charge is 0.308 e. The van der Waals surface area contributed by atoms with Gasteiger partial charge in [0.1, 0.15) is 0 Å². The third-order valence-electron chi connectivity index (χ3n) is 6.88. The van der Waals surface area contributed by atoms with Crippen molar-refractivity contribution < 1.29 is 13.7 Å². The number of halogens is 2. The molecule has 208 valence electrons. The average molecular weight is 589 g/mol. The summed E-state index contributed by atoms with van der Waals surface area (Å²) in [5, 5.41) is 0.384. The third kappa shape index (κ3) is 6.08. The van der Waals surface area contributed by atoms with Gasteiger partial charge in [-0.25, -0.2) is 0 Å². The van der Waals surface area contributed by atoms with Crippen LogP contribution in [0.2, 0.25) is 10.0 Å². The van der Waals surface area contributed by atoms with Gasteiger partial charge in [0.05, 0.1) is 35.1 Å². The lowest BCUT2D eigenvalue weighted by molar-refractivity contribution is 0.590. The molecule has 0 amide bonds. The standard InChI is InChI=1S/C38H37Cl2N/c1-37(2,3)28-19-13-20-30(23-28)41(34-25-29(38(4,5)6)24-33(39)35(34)40)36-31(26-15-9-7-10-16-26)21-14-22-32(36)27-17-11-8-12-18-27/h7-25H,1-6H3/i7D,8D,9D,10D,11D,12D,15D,16D,17D,18D. The van der Waals surface area contributed by atoms with Gasteiger partial charge in [-0.3, -0.25) is 0 Å². The fourth-order valence-electron chi connectivity index (χ4n) is 4.63. The molecule has 0 bridgehead atoms. The maximum absolute atomic E-state index is 8.99. The van der Waals surface area contributed by atoms with E-state index in [0.717, 1.165) is 11.1 Å². The highest BCUT2D eigenvalue weighted by Gasteiger charge is 2.27. The molecule has 0 aliphatic carbocycles. The number of hydrogen-bond donors (Lipinski definition) is 0. The zero-order valence-corrected chi connectivity index (χ0v) is 25.4. The Morgan fingerprint density at radius 1 is 0.610 bits per heavy atom. The molecule has 0 fully saturated rings. The maximum atomic E-state index is 8.99. The first-order valence-corrected chi connectivity index (χ1v) is 14.0. The first-order chi connectivity index (χ1) is 23.6. The van der Waals surface area contributed by atoms with E-state index in [1.807, 2.05) is 51.1 Å². The average Bonchev–Trinajstić information content (AvgIpc) is 3.06. The highest BCUT2D eigenvalue weighted by molar-refractivity contribution is 6.44. The molecule has 0 N–H and O–H groups in total. The SMILES string of the molecule is [2H]c1c([2H])c([2H])c(-c2cccc(-c3c([2H])c([2H])c([2H])c([2H])c3[2H])c2N(c2cccc(C(C)(C)C)c2)c2cc(C(C)(C)C)cc(Cl)c2Cl)c([2H])c1[2H]. The van der Waals surface area contributed by atoms with Crippen LogP contribution in [-0.4, -0.2) is 0 Å². The molecule has 0 unspecified atom stereocenters. The minimum atomic E-state index is -0.570.